The van der Waals surface area contributed by atoms with Crippen LogP contribution in [0.25, 0.3) is 0 Å². The smallest absolute Gasteiger partial charge is 0.324 e. The van der Waals surface area contributed by atoms with E-state index in [-0.39, 0.29) is 42.5 Å². The van der Waals surface area contributed by atoms with E-state index in [0.29, 0.717) is 19.1 Å². The highest BCUT2D eigenvalue weighted by Crippen LogP contribution is 2.09. The van der Waals surface area contributed by atoms with Crippen molar-refractivity contribution in [2.45, 2.75) is 25.8 Å². The van der Waals surface area contributed by atoms with Crippen LogP contribution >= 0.6 is 24.0 Å². The summed E-state index contributed by atoms with van der Waals surface area (Å²) in [5, 5.41) is 9.19. The third-order valence-corrected chi connectivity index (χ3v) is 4.41. The van der Waals surface area contributed by atoms with Gasteiger partial charge in [-0.15, -0.1) is 24.0 Å². The van der Waals surface area contributed by atoms with Crippen LogP contribution in [0, 0.1) is 0 Å². The Morgan fingerprint density at radius 2 is 2.04 bits per heavy atom. The minimum absolute atomic E-state index is 0. The number of urea groups is 1. The SMILES string of the molecule is CCNC(=NCCN1C(=O)CNC1=O)NC1CCN(CCOC)CC1.I. The average Bonchev–Trinajstić information content (AvgIpc) is 2.93. The van der Waals surface area contributed by atoms with Crippen molar-refractivity contribution in [1.82, 2.24) is 25.8 Å². The monoisotopic (exact) mass is 482 g/mol. The van der Waals surface area contributed by atoms with Gasteiger partial charge in [-0.3, -0.25) is 14.7 Å². The maximum Gasteiger partial charge on any atom is 0.324 e. The first kappa shape index (κ1) is 22.9. The molecule has 9 nitrogen and oxygen atoms in total. The molecular weight excluding hydrogens is 451 g/mol. The molecule has 2 heterocycles. The van der Waals surface area contributed by atoms with Gasteiger partial charge >= 0.3 is 6.03 Å². The molecular formula is C16H31IN6O3. The lowest BCUT2D eigenvalue weighted by Crippen LogP contribution is -2.49. The summed E-state index contributed by atoms with van der Waals surface area (Å²) in [6, 6.07) is 0.0508. The molecule has 2 aliphatic rings. The fourth-order valence-electron chi connectivity index (χ4n) is 2.98. The largest absolute Gasteiger partial charge is 0.383 e. The summed E-state index contributed by atoms with van der Waals surface area (Å²) < 4.78 is 5.13. The molecule has 0 aromatic heterocycles. The van der Waals surface area contributed by atoms with Gasteiger partial charge in [-0.25, -0.2) is 4.79 Å². The van der Waals surface area contributed by atoms with Crippen molar-refractivity contribution < 1.29 is 14.3 Å². The highest BCUT2D eigenvalue weighted by Gasteiger charge is 2.27. The molecule has 0 aromatic rings. The van der Waals surface area contributed by atoms with Gasteiger partial charge in [0.2, 0.25) is 5.91 Å². The summed E-state index contributed by atoms with van der Waals surface area (Å²) in [5.41, 5.74) is 0. The van der Waals surface area contributed by atoms with Gasteiger partial charge in [0.25, 0.3) is 0 Å². The summed E-state index contributed by atoms with van der Waals surface area (Å²) in [6.07, 6.45) is 2.11. The van der Waals surface area contributed by atoms with Crippen molar-refractivity contribution in [2.75, 3.05) is 59.5 Å². The second-order valence-corrected chi connectivity index (χ2v) is 6.22. The minimum atomic E-state index is -0.332. The van der Waals surface area contributed by atoms with Gasteiger partial charge in [0, 0.05) is 39.3 Å². The number of likely N-dealkylation sites (tertiary alicyclic amines) is 1. The Labute approximate surface area is 172 Å². The first-order valence-electron chi connectivity index (χ1n) is 8.98. The Balaban J connectivity index is 0.00000338. The Morgan fingerprint density at radius 1 is 1.31 bits per heavy atom. The van der Waals surface area contributed by atoms with Crippen LogP contribution in [0.5, 0.6) is 0 Å². The lowest BCUT2D eigenvalue weighted by molar-refractivity contribution is -0.124. The van der Waals surface area contributed by atoms with E-state index in [1.807, 2.05) is 6.92 Å². The first-order valence-corrected chi connectivity index (χ1v) is 8.98. The molecule has 0 aliphatic carbocycles. The lowest BCUT2D eigenvalue weighted by Gasteiger charge is -2.32. The molecule has 2 saturated heterocycles. The van der Waals surface area contributed by atoms with Crippen LogP contribution in [0.1, 0.15) is 19.8 Å². The van der Waals surface area contributed by atoms with E-state index >= 15 is 0 Å². The second-order valence-electron chi connectivity index (χ2n) is 6.22. The Morgan fingerprint density at radius 3 is 2.62 bits per heavy atom. The number of ether oxygens (including phenoxy) is 1. The number of halogens is 1. The van der Waals surface area contributed by atoms with E-state index in [4.69, 9.17) is 4.74 Å². The van der Waals surface area contributed by atoms with Crippen molar-refractivity contribution in [3.63, 3.8) is 0 Å². The summed E-state index contributed by atoms with van der Waals surface area (Å²) in [6.45, 7) is 7.39. The standard InChI is InChI=1S/C16H30N6O3.HI/c1-3-17-15(18-6-9-22-14(23)12-19-16(22)24)20-13-4-7-21(8-5-13)10-11-25-2;/h13H,3-12H2,1-2H3,(H,19,24)(H2,17,18,20);1H. The predicted octanol–water partition coefficient (Wildman–Crippen LogP) is -0.178. The number of rotatable bonds is 8. The lowest BCUT2D eigenvalue weighted by atomic mass is 10.1. The number of nitrogens with zero attached hydrogens (tertiary/aromatic N) is 3. The average molecular weight is 482 g/mol. The maximum atomic E-state index is 11.6. The molecule has 0 spiro atoms. The van der Waals surface area contributed by atoms with E-state index in [2.05, 4.69) is 25.8 Å². The number of aliphatic imine (C=N–C) groups is 1. The van der Waals surface area contributed by atoms with Crippen molar-refractivity contribution >= 4 is 41.9 Å². The quantitative estimate of drug-likeness (QED) is 0.192. The van der Waals surface area contributed by atoms with Crippen LogP contribution in [0.2, 0.25) is 0 Å². The molecule has 0 saturated carbocycles. The number of carbonyl (C=O) groups excluding carboxylic acids is 2. The third-order valence-electron chi connectivity index (χ3n) is 4.41. The number of nitrogens with one attached hydrogen (secondary N) is 3. The fraction of sp³-hybridized carbons (Fsp3) is 0.812. The topological polar surface area (TPSA) is 98.3 Å². The highest BCUT2D eigenvalue weighted by atomic mass is 127. The number of imide groups is 1. The number of amides is 3. The predicted molar refractivity (Wildman–Crippen MR) is 111 cm³/mol. The van der Waals surface area contributed by atoms with Crippen LogP contribution in [-0.2, 0) is 9.53 Å². The van der Waals surface area contributed by atoms with Crippen molar-refractivity contribution in [3.8, 4) is 0 Å². The number of hydrogen-bond acceptors (Lipinski definition) is 5. The van der Waals surface area contributed by atoms with Crippen LogP contribution in [0.4, 0.5) is 4.79 Å². The van der Waals surface area contributed by atoms with Gasteiger partial charge in [0.05, 0.1) is 26.2 Å². The molecule has 2 rings (SSSR count). The summed E-state index contributed by atoms with van der Waals surface area (Å²) in [4.78, 5) is 31.2. The van der Waals surface area contributed by atoms with E-state index in [1.165, 1.54) is 4.90 Å². The van der Waals surface area contributed by atoms with Crippen molar-refractivity contribution in [2.24, 2.45) is 4.99 Å². The molecule has 0 aromatic carbocycles. The van der Waals surface area contributed by atoms with Crippen LogP contribution in [0.3, 0.4) is 0 Å². The Kier molecular flexibility index (Phi) is 10.8. The highest BCUT2D eigenvalue weighted by molar-refractivity contribution is 14.0. The van der Waals surface area contributed by atoms with Gasteiger partial charge in [0.15, 0.2) is 5.96 Å². The molecule has 10 heteroatoms. The van der Waals surface area contributed by atoms with E-state index < -0.39 is 0 Å². The van der Waals surface area contributed by atoms with Crippen LogP contribution in [-0.4, -0.2) is 93.3 Å². The van der Waals surface area contributed by atoms with Crippen molar-refractivity contribution in [1.29, 1.82) is 0 Å². The van der Waals surface area contributed by atoms with Crippen molar-refractivity contribution in [3.05, 3.63) is 0 Å². The Hall–Kier alpha value is -1.14. The normalized spacial score (nSPS) is 19.3. The third kappa shape index (κ3) is 7.23. The van der Waals surface area contributed by atoms with Gasteiger partial charge in [-0.1, -0.05) is 0 Å². The summed E-state index contributed by atoms with van der Waals surface area (Å²) in [5.74, 6) is 0.548. The molecule has 26 heavy (non-hydrogen) atoms. The molecule has 3 N–H and O–H groups in total. The van der Waals surface area contributed by atoms with E-state index in [9.17, 15) is 9.59 Å². The van der Waals surface area contributed by atoms with Gasteiger partial charge in [-0.2, -0.15) is 0 Å². The summed E-state index contributed by atoms with van der Waals surface area (Å²) in [7, 11) is 1.73. The summed E-state index contributed by atoms with van der Waals surface area (Å²) >= 11 is 0. The molecule has 0 atom stereocenters. The maximum absolute atomic E-state index is 11.6. The number of piperidine rings is 1. The van der Waals surface area contributed by atoms with Gasteiger partial charge in [0.1, 0.15) is 0 Å². The van der Waals surface area contributed by atoms with Gasteiger partial charge < -0.3 is 25.6 Å². The van der Waals surface area contributed by atoms with E-state index in [1.54, 1.807) is 7.11 Å². The molecule has 2 fully saturated rings. The molecule has 2 aliphatic heterocycles. The molecule has 0 unspecified atom stereocenters. The second kappa shape index (κ2) is 12.3. The van der Waals surface area contributed by atoms with E-state index in [0.717, 1.165) is 51.6 Å². The number of guanidine groups is 1. The minimum Gasteiger partial charge on any atom is -0.383 e. The van der Waals surface area contributed by atoms with Gasteiger partial charge in [-0.05, 0) is 19.8 Å². The first-order chi connectivity index (χ1) is 12.1. The fourth-order valence-corrected chi connectivity index (χ4v) is 2.98. The molecule has 0 bridgehead atoms. The zero-order valence-electron chi connectivity index (χ0n) is 15.6. The Bertz CT molecular complexity index is 467. The number of methoxy groups -OCH3 is 1. The number of hydrogen-bond donors (Lipinski definition) is 3. The van der Waals surface area contributed by atoms with Crippen LogP contribution < -0.4 is 16.0 Å². The molecule has 150 valence electrons. The number of carbonyl (C=O) groups is 2. The molecule has 0 radical (unpaired) electrons. The zero-order chi connectivity index (χ0) is 18.1. The molecule has 3 amide bonds. The zero-order valence-corrected chi connectivity index (χ0v) is 18.0. The van der Waals surface area contributed by atoms with Crippen LogP contribution in [0.15, 0.2) is 4.99 Å².